The zero-order chi connectivity index (χ0) is 30.0. The second-order valence-electron chi connectivity index (χ2n) is 9.88. The number of aryl methyl sites for hydroxylation is 1. The van der Waals surface area contributed by atoms with Crippen LogP contribution in [0.3, 0.4) is 0 Å². The van der Waals surface area contributed by atoms with Crippen LogP contribution in [-0.2, 0) is 32.6 Å². The molecule has 0 spiro atoms. The lowest BCUT2D eigenvalue weighted by atomic mass is 10.0. The van der Waals surface area contributed by atoms with Crippen molar-refractivity contribution in [3.8, 4) is 5.75 Å². The van der Waals surface area contributed by atoms with Crippen LogP contribution < -0.4 is 14.4 Å². The molecule has 0 heterocycles. The van der Waals surface area contributed by atoms with Gasteiger partial charge in [0.15, 0.2) is 0 Å². The van der Waals surface area contributed by atoms with Crippen molar-refractivity contribution in [1.29, 1.82) is 0 Å². The van der Waals surface area contributed by atoms with Crippen LogP contribution in [0.4, 0.5) is 5.69 Å². The van der Waals surface area contributed by atoms with Crippen molar-refractivity contribution >= 4 is 39.1 Å². The van der Waals surface area contributed by atoms with Gasteiger partial charge in [0.1, 0.15) is 18.3 Å². The van der Waals surface area contributed by atoms with Gasteiger partial charge in [0.05, 0.1) is 19.1 Å². The van der Waals surface area contributed by atoms with E-state index in [0.717, 1.165) is 40.1 Å². The number of amides is 2. The Morgan fingerprint density at radius 3 is 2.34 bits per heavy atom. The number of carbonyl (C=O) groups is 2. The van der Waals surface area contributed by atoms with Crippen LogP contribution >= 0.6 is 11.6 Å². The van der Waals surface area contributed by atoms with E-state index in [2.05, 4.69) is 5.32 Å². The Morgan fingerprint density at radius 2 is 1.71 bits per heavy atom. The molecule has 10 heteroatoms. The van der Waals surface area contributed by atoms with Gasteiger partial charge in [-0.25, -0.2) is 8.42 Å². The molecule has 0 aliphatic rings. The van der Waals surface area contributed by atoms with Crippen molar-refractivity contribution in [2.24, 2.45) is 0 Å². The molecule has 0 radical (unpaired) electrons. The van der Waals surface area contributed by atoms with E-state index in [1.54, 1.807) is 12.1 Å². The fraction of sp³-hybridized carbons (Fsp3) is 0.355. The summed E-state index contributed by atoms with van der Waals surface area (Å²) in [6.45, 7) is 4.02. The third-order valence-corrected chi connectivity index (χ3v) is 8.15. The Hall–Kier alpha value is -3.56. The highest BCUT2D eigenvalue weighted by Gasteiger charge is 2.34. The van der Waals surface area contributed by atoms with Crippen LogP contribution in [0, 0.1) is 6.92 Å². The Labute approximate surface area is 248 Å². The highest BCUT2D eigenvalue weighted by atomic mass is 35.5. The molecule has 0 aliphatic heterocycles. The summed E-state index contributed by atoms with van der Waals surface area (Å²) in [6, 6.07) is 20.8. The van der Waals surface area contributed by atoms with Crippen molar-refractivity contribution in [3.63, 3.8) is 0 Å². The van der Waals surface area contributed by atoms with Gasteiger partial charge in [0.25, 0.3) is 0 Å². The molecule has 220 valence electrons. The predicted octanol–water partition coefficient (Wildman–Crippen LogP) is 4.98. The average Bonchev–Trinajstić information content (AvgIpc) is 2.94. The van der Waals surface area contributed by atoms with Crippen LogP contribution in [0.15, 0.2) is 72.8 Å². The molecule has 0 saturated heterocycles. The van der Waals surface area contributed by atoms with Crippen molar-refractivity contribution in [3.05, 3.63) is 94.5 Å². The SMILES string of the molecule is CCCCNC(=O)[C@@H](Cc1ccccc1)N(Cc1ccccc1C)C(=O)CN(c1cc(Cl)ccc1OC)S(C)(=O)=O. The minimum atomic E-state index is -3.95. The summed E-state index contributed by atoms with van der Waals surface area (Å²) in [7, 11) is -2.54. The number of nitrogens with one attached hydrogen (secondary N) is 1. The topological polar surface area (TPSA) is 96.0 Å². The first-order valence-corrected chi connectivity index (χ1v) is 15.7. The first-order valence-electron chi connectivity index (χ1n) is 13.5. The first-order chi connectivity index (χ1) is 19.5. The maximum absolute atomic E-state index is 14.2. The van der Waals surface area contributed by atoms with Gasteiger partial charge in [0.2, 0.25) is 21.8 Å². The van der Waals surface area contributed by atoms with E-state index in [9.17, 15) is 18.0 Å². The Bertz CT molecular complexity index is 1430. The molecule has 3 rings (SSSR count). The molecular formula is C31H38ClN3O5S. The van der Waals surface area contributed by atoms with E-state index in [-0.39, 0.29) is 35.3 Å². The third-order valence-electron chi connectivity index (χ3n) is 6.79. The second kappa shape index (κ2) is 14.9. The summed E-state index contributed by atoms with van der Waals surface area (Å²) in [5.41, 5.74) is 2.82. The number of carbonyl (C=O) groups excluding carboxylic acids is 2. The summed E-state index contributed by atoms with van der Waals surface area (Å²) < 4.78 is 32.4. The number of methoxy groups -OCH3 is 1. The molecule has 3 aromatic carbocycles. The largest absolute Gasteiger partial charge is 0.495 e. The van der Waals surface area contributed by atoms with E-state index in [1.807, 2.05) is 68.4 Å². The summed E-state index contributed by atoms with van der Waals surface area (Å²) in [6.07, 6.45) is 2.98. The van der Waals surface area contributed by atoms with Crippen LogP contribution in [-0.4, -0.2) is 57.6 Å². The lowest BCUT2D eigenvalue weighted by molar-refractivity contribution is -0.140. The number of ether oxygens (including phenoxy) is 1. The Balaban J connectivity index is 2.09. The number of halogens is 1. The van der Waals surface area contributed by atoms with Gasteiger partial charge in [-0.15, -0.1) is 0 Å². The molecule has 41 heavy (non-hydrogen) atoms. The number of anilines is 1. The molecule has 1 atom stereocenters. The van der Waals surface area contributed by atoms with Gasteiger partial charge >= 0.3 is 0 Å². The van der Waals surface area contributed by atoms with Gasteiger partial charge in [-0.1, -0.05) is 79.5 Å². The molecule has 0 saturated carbocycles. The highest BCUT2D eigenvalue weighted by Crippen LogP contribution is 2.33. The number of hydrogen-bond donors (Lipinski definition) is 1. The molecular weight excluding hydrogens is 562 g/mol. The molecule has 0 fully saturated rings. The fourth-order valence-corrected chi connectivity index (χ4v) is 5.50. The molecule has 0 aliphatic carbocycles. The van der Waals surface area contributed by atoms with Crippen molar-refractivity contribution < 1.29 is 22.7 Å². The Morgan fingerprint density at radius 1 is 1.02 bits per heavy atom. The van der Waals surface area contributed by atoms with E-state index >= 15 is 0 Å². The quantitative estimate of drug-likeness (QED) is 0.264. The number of rotatable bonds is 14. The molecule has 1 N–H and O–H groups in total. The lowest BCUT2D eigenvalue weighted by Crippen LogP contribution is -2.53. The Kier molecular flexibility index (Phi) is 11.6. The lowest BCUT2D eigenvalue weighted by Gasteiger charge is -2.34. The minimum Gasteiger partial charge on any atom is -0.495 e. The fourth-order valence-electron chi connectivity index (χ4n) is 4.48. The standard InChI is InChI=1S/C31H38ClN3O5S/c1-5-6-18-33-31(37)28(19-24-13-8-7-9-14-24)34(21-25-15-11-10-12-23(25)2)30(36)22-35(41(4,38)39)27-20-26(32)16-17-29(27)40-3/h7-17,20,28H,5-6,18-19,21-22H2,1-4H3,(H,33,37)/t28-/m1/s1. The van der Waals surface area contributed by atoms with E-state index in [0.29, 0.717) is 6.54 Å². The van der Waals surface area contributed by atoms with Crippen LogP contribution in [0.5, 0.6) is 5.75 Å². The predicted molar refractivity (Wildman–Crippen MR) is 164 cm³/mol. The van der Waals surface area contributed by atoms with Crippen LogP contribution in [0.2, 0.25) is 5.02 Å². The summed E-state index contributed by atoms with van der Waals surface area (Å²) in [5, 5.41) is 3.27. The molecule has 3 aromatic rings. The summed E-state index contributed by atoms with van der Waals surface area (Å²) in [5.74, 6) is -0.584. The van der Waals surface area contributed by atoms with Gasteiger partial charge in [0, 0.05) is 24.5 Å². The highest BCUT2D eigenvalue weighted by molar-refractivity contribution is 7.92. The first kappa shape index (κ1) is 32.0. The average molecular weight is 600 g/mol. The summed E-state index contributed by atoms with van der Waals surface area (Å²) in [4.78, 5) is 29.4. The van der Waals surface area contributed by atoms with E-state index < -0.39 is 28.5 Å². The number of hydrogen-bond acceptors (Lipinski definition) is 5. The van der Waals surface area contributed by atoms with Crippen LogP contribution in [0.1, 0.15) is 36.5 Å². The normalized spacial score (nSPS) is 11.9. The molecule has 8 nitrogen and oxygen atoms in total. The van der Waals surface area contributed by atoms with Crippen molar-refractivity contribution in [2.75, 3.05) is 30.8 Å². The molecule has 0 unspecified atom stereocenters. The number of benzene rings is 3. The molecule has 2 amide bonds. The number of sulfonamides is 1. The van der Waals surface area contributed by atoms with Crippen LogP contribution in [0.25, 0.3) is 0 Å². The van der Waals surface area contributed by atoms with Crippen molar-refractivity contribution in [1.82, 2.24) is 10.2 Å². The molecule has 0 aromatic heterocycles. The van der Waals surface area contributed by atoms with Crippen molar-refractivity contribution in [2.45, 2.75) is 45.7 Å². The smallest absolute Gasteiger partial charge is 0.244 e. The summed E-state index contributed by atoms with van der Waals surface area (Å²) >= 11 is 6.21. The zero-order valence-corrected chi connectivity index (χ0v) is 25.5. The van der Waals surface area contributed by atoms with E-state index in [1.165, 1.54) is 18.1 Å². The minimum absolute atomic E-state index is 0.120. The van der Waals surface area contributed by atoms with Gasteiger partial charge in [-0.2, -0.15) is 0 Å². The third kappa shape index (κ3) is 8.96. The van der Waals surface area contributed by atoms with Gasteiger partial charge in [-0.3, -0.25) is 13.9 Å². The number of unbranched alkanes of at least 4 members (excludes halogenated alkanes) is 1. The number of nitrogens with zero attached hydrogens (tertiary/aromatic N) is 2. The zero-order valence-electron chi connectivity index (χ0n) is 24.0. The van der Waals surface area contributed by atoms with Gasteiger partial charge in [-0.05, 0) is 48.2 Å². The monoisotopic (exact) mass is 599 g/mol. The maximum atomic E-state index is 14.2. The molecule has 0 bridgehead atoms. The second-order valence-corrected chi connectivity index (χ2v) is 12.2. The maximum Gasteiger partial charge on any atom is 0.244 e. The van der Waals surface area contributed by atoms with E-state index in [4.69, 9.17) is 16.3 Å². The van der Waals surface area contributed by atoms with Gasteiger partial charge < -0.3 is 15.0 Å².